The van der Waals surface area contributed by atoms with E-state index in [4.69, 9.17) is 9.47 Å². The van der Waals surface area contributed by atoms with Crippen molar-refractivity contribution < 1.29 is 37.1 Å². The van der Waals surface area contributed by atoms with Gasteiger partial charge in [0.25, 0.3) is 27.5 Å². The molecule has 0 radical (unpaired) electrons. The summed E-state index contributed by atoms with van der Waals surface area (Å²) in [6.45, 7) is 10.3. The van der Waals surface area contributed by atoms with Crippen LogP contribution < -0.4 is 24.4 Å². The number of nitro groups is 1. The van der Waals surface area contributed by atoms with E-state index in [0.29, 0.717) is 36.8 Å². The molecule has 5 aromatic rings. The predicted octanol–water partition coefficient (Wildman–Crippen LogP) is 9.56. The Kier molecular flexibility index (Phi) is 12.4. The number of likely N-dealkylation sites (tertiary alicyclic amines) is 1. The largest absolute Gasteiger partial charge is 0.475 e. The fourth-order valence-corrected chi connectivity index (χ4v) is 12.5. The second-order valence-electron chi connectivity index (χ2n) is 20.9. The van der Waals surface area contributed by atoms with Gasteiger partial charge in [-0.15, -0.1) is 0 Å². The Hall–Kier alpha value is -5.78. The molecule has 1 amide bonds. The van der Waals surface area contributed by atoms with E-state index in [0.717, 1.165) is 63.6 Å². The van der Waals surface area contributed by atoms with Crippen LogP contribution in [-0.2, 0) is 15.4 Å². The van der Waals surface area contributed by atoms with Crippen molar-refractivity contribution in [1.29, 1.82) is 0 Å². The van der Waals surface area contributed by atoms with Crippen LogP contribution in [0.1, 0.15) is 119 Å². The molecular formula is C52H62FN7O8S. The van der Waals surface area contributed by atoms with Crippen LogP contribution in [0.15, 0.2) is 77.8 Å². The van der Waals surface area contributed by atoms with Gasteiger partial charge in [0.2, 0.25) is 0 Å². The van der Waals surface area contributed by atoms with Crippen LogP contribution in [0.25, 0.3) is 11.0 Å². The van der Waals surface area contributed by atoms with E-state index in [2.05, 4.69) is 61.0 Å². The summed E-state index contributed by atoms with van der Waals surface area (Å²) in [7, 11) is -4.66. The van der Waals surface area contributed by atoms with Gasteiger partial charge in [-0.3, -0.25) is 19.8 Å². The van der Waals surface area contributed by atoms with E-state index in [1.54, 1.807) is 37.1 Å². The predicted molar refractivity (Wildman–Crippen MR) is 261 cm³/mol. The van der Waals surface area contributed by atoms with Crippen LogP contribution in [0.4, 0.5) is 21.5 Å². The molecule has 0 bridgehead atoms. The average Bonchev–Trinajstić information content (AvgIpc) is 3.70. The van der Waals surface area contributed by atoms with Crippen molar-refractivity contribution in [2.24, 2.45) is 11.3 Å². The highest BCUT2D eigenvalue weighted by molar-refractivity contribution is 7.90. The number of rotatable bonds is 15. The molecule has 3 aromatic carbocycles. The lowest BCUT2D eigenvalue weighted by molar-refractivity contribution is -0.384. The standard InChI is InChI=1S/C52H62FN7O8S/c1-4-67-49-46(28-39-41(53)30-55-47(39)56-49)68-45-26-34(58-24-22-52(23-25-58)31-59(32-52)43-11-7-9-37(43)36-8-5-6-10-40(36)50(2)20-21-50)12-14-38(45)48(61)57-69(65,66)35-13-15-42(44(27-35)60(63)64)54-29-33-16-18-51(3,62)19-17-33/h5-6,8,10,12-15,26-28,30,33,37,43,54,62H,4,7,9,11,16-25,29,31-32H2,1-3H3,(H,55,56)(H,57,61)/t33?,37-,43-,51?/m1/s1. The van der Waals surface area contributed by atoms with Crippen LogP contribution in [0.5, 0.6) is 17.4 Å². The van der Waals surface area contributed by atoms with Gasteiger partial charge in [-0.05, 0) is 136 Å². The number of nitrogens with zero attached hydrogens (tertiary/aromatic N) is 4. The van der Waals surface area contributed by atoms with E-state index < -0.39 is 42.9 Å². The Morgan fingerprint density at radius 2 is 1.72 bits per heavy atom. The number of aromatic amines is 1. The summed E-state index contributed by atoms with van der Waals surface area (Å²) in [6, 6.07) is 19.5. The molecule has 3 saturated carbocycles. The lowest BCUT2D eigenvalue weighted by Gasteiger charge is -2.57. The number of pyridine rings is 1. The highest BCUT2D eigenvalue weighted by Gasteiger charge is 2.50. The minimum absolute atomic E-state index is 0.0143. The summed E-state index contributed by atoms with van der Waals surface area (Å²) in [4.78, 5) is 37.4. The third kappa shape index (κ3) is 9.49. The van der Waals surface area contributed by atoms with Crippen molar-refractivity contribution >= 4 is 44.0 Å². The molecule has 2 aromatic heterocycles. The van der Waals surface area contributed by atoms with Gasteiger partial charge in [0.15, 0.2) is 5.75 Å². The van der Waals surface area contributed by atoms with Crippen molar-refractivity contribution in [2.75, 3.05) is 49.5 Å². The van der Waals surface area contributed by atoms with Crippen LogP contribution >= 0.6 is 0 Å². The summed E-state index contributed by atoms with van der Waals surface area (Å²) in [6.07, 6.45) is 12.1. The van der Waals surface area contributed by atoms with E-state index in [1.165, 1.54) is 62.6 Å². The Balaban J connectivity index is 0.868. The lowest BCUT2D eigenvalue weighted by Crippen LogP contribution is -2.63. The molecular weight excluding hydrogens is 902 g/mol. The monoisotopic (exact) mass is 963 g/mol. The second kappa shape index (κ2) is 18.2. The molecule has 69 heavy (non-hydrogen) atoms. The summed E-state index contributed by atoms with van der Waals surface area (Å²) >= 11 is 0. The highest BCUT2D eigenvalue weighted by atomic mass is 32.2. The van der Waals surface area contributed by atoms with Gasteiger partial charge in [-0.25, -0.2) is 17.5 Å². The quantitative estimate of drug-likeness (QED) is 0.0575. The van der Waals surface area contributed by atoms with Crippen LogP contribution in [0.2, 0.25) is 0 Å². The van der Waals surface area contributed by atoms with E-state index in [-0.39, 0.29) is 57.6 Å². The normalized spacial score (nSPS) is 24.2. The Labute approximate surface area is 402 Å². The molecule has 2 aliphatic heterocycles. The minimum atomic E-state index is -4.66. The zero-order valence-corrected chi connectivity index (χ0v) is 40.4. The number of sulfonamides is 1. The third-order valence-electron chi connectivity index (χ3n) is 16.0. The Morgan fingerprint density at radius 1 is 0.971 bits per heavy atom. The molecule has 366 valence electrons. The number of nitro benzene ring substituents is 1. The first kappa shape index (κ1) is 46.9. The Morgan fingerprint density at radius 3 is 2.45 bits per heavy atom. The van der Waals surface area contributed by atoms with Crippen LogP contribution in [-0.4, -0.2) is 90.2 Å². The number of carbonyl (C=O) groups is 1. The van der Waals surface area contributed by atoms with Gasteiger partial charge in [-0.2, -0.15) is 4.98 Å². The zero-order chi connectivity index (χ0) is 48.3. The Bertz CT molecular complexity index is 2880. The van der Waals surface area contributed by atoms with E-state index >= 15 is 0 Å². The van der Waals surface area contributed by atoms with Gasteiger partial charge in [0.1, 0.15) is 22.9 Å². The first-order chi connectivity index (χ1) is 33.0. The third-order valence-corrected chi connectivity index (χ3v) is 17.3. The minimum Gasteiger partial charge on any atom is -0.475 e. The van der Waals surface area contributed by atoms with Gasteiger partial charge in [0.05, 0.1) is 33.0 Å². The number of ether oxygens (including phenoxy) is 2. The highest BCUT2D eigenvalue weighted by Crippen LogP contribution is 2.54. The molecule has 2 atom stereocenters. The SMILES string of the molecule is CCOc1nc2[nH]cc(F)c2cc1Oc1cc(N2CCC3(CC2)CN([C@@H]2CCC[C@@H]2c2ccccc2C2(C)CC2)C3)ccc1C(=O)NS(=O)(=O)c1ccc(NCC2CCC(C)(O)CC2)c([N+](=O)[O-])c1. The number of halogens is 1. The van der Waals surface area contributed by atoms with Gasteiger partial charge < -0.3 is 29.8 Å². The average molecular weight is 964 g/mol. The van der Waals surface area contributed by atoms with Crippen LogP contribution in [0.3, 0.4) is 0 Å². The number of anilines is 2. The maximum absolute atomic E-state index is 14.9. The molecule has 1 spiro atoms. The molecule has 5 fully saturated rings. The number of piperidine rings is 1. The number of nitrogens with one attached hydrogen (secondary N) is 3. The summed E-state index contributed by atoms with van der Waals surface area (Å²) in [5, 5.41) is 25.8. The smallest absolute Gasteiger partial charge is 0.293 e. The molecule has 3 aliphatic carbocycles. The molecule has 17 heteroatoms. The molecule has 5 aliphatic rings. The van der Waals surface area contributed by atoms with Gasteiger partial charge in [0, 0.05) is 68.8 Å². The molecule has 0 unspecified atom stereocenters. The fraction of sp³-hybridized carbons (Fsp3) is 0.500. The molecule has 2 saturated heterocycles. The maximum Gasteiger partial charge on any atom is 0.293 e. The molecule has 15 nitrogen and oxygen atoms in total. The van der Waals surface area contributed by atoms with Crippen molar-refractivity contribution in [3.8, 4) is 17.4 Å². The number of H-pyrrole nitrogens is 1. The van der Waals surface area contributed by atoms with Crippen molar-refractivity contribution in [3.63, 3.8) is 0 Å². The number of hydrogen-bond donors (Lipinski definition) is 4. The number of benzene rings is 3. The molecule has 4 heterocycles. The van der Waals surface area contributed by atoms with Crippen molar-refractivity contribution in [3.05, 3.63) is 106 Å². The second-order valence-corrected chi connectivity index (χ2v) is 22.6. The topological polar surface area (TPSA) is 192 Å². The van der Waals surface area contributed by atoms with Crippen molar-refractivity contribution in [1.82, 2.24) is 19.6 Å². The summed E-state index contributed by atoms with van der Waals surface area (Å²) in [5.41, 5.74) is 3.44. The summed E-state index contributed by atoms with van der Waals surface area (Å²) < 4.78 is 56.9. The number of hydrogen-bond acceptors (Lipinski definition) is 12. The zero-order valence-electron chi connectivity index (χ0n) is 39.6. The molecule has 10 rings (SSSR count). The number of aromatic nitrogens is 2. The number of amides is 1. The number of fused-ring (bicyclic) bond motifs is 1. The van der Waals surface area contributed by atoms with Gasteiger partial charge >= 0.3 is 0 Å². The first-order valence-corrected chi connectivity index (χ1v) is 26.0. The van der Waals surface area contributed by atoms with Crippen LogP contribution in [0, 0.1) is 27.3 Å². The lowest BCUT2D eigenvalue weighted by atomic mass is 9.70. The maximum atomic E-state index is 14.9. The van der Waals surface area contributed by atoms with Crippen molar-refractivity contribution in [2.45, 2.75) is 119 Å². The molecule has 4 N–H and O–H groups in total. The van der Waals surface area contributed by atoms with E-state index in [1.807, 2.05) is 0 Å². The van der Waals surface area contributed by atoms with E-state index in [9.17, 15) is 32.8 Å². The number of carbonyl (C=O) groups excluding carboxylic acids is 1. The first-order valence-electron chi connectivity index (χ1n) is 24.6. The summed E-state index contributed by atoms with van der Waals surface area (Å²) in [5.74, 6) is -0.834. The fourth-order valence-electron chi connectivity index (χ4n) is 11.5. The number of aliphatic hydroxyl groups is 1. The van der Waals surface area contributed by atoms with Gasteiger partial charge in [-0.1, -0.05) is 37.6 Å².